The molecule has 0 N–H and O–H groups in total. The molecule has 0 rings (SSSR count). The van der Waals surface area contributed by atoms with E-state index in [0.717, 1.165) is 0 Å². The molecule has 4 heteroatoms. The molecule has 0 aromatic carbocycles. The molecule has 0 amide bonds. The van der Waals surface area contributed by atoms with Crippen molar-refractivity contribution in [3.05, 3.63) is 0 Å². The molecule has 86 valence electrons. The smallest absolute Gasteiger partial charge is 0.211 e. The van der Waals surface area contributed by atoms with Gasteiger partial charge in [0, 0.05) is 19.3 Å². The molecule has 0 spiro atoms. The van der Waals surface area contributed by atoms with Crippen molar-refractivity contribution in [2.24, 2.45) is 0 Å². The molecule has 0 radical (unpaired) electrons. The second-order valence-corrected chi connectivity index (χ2v) is 3.60. The summed E-state index contributed by atoms with van der Waals surface area (Å²) in [4.78, 5) is 0. The van der Waals surface area contributed by atoms with Gasteiger partial charge in [-0.3, -0.25) is 0 Å². The van der Waals surface area contributed by atoms with Gasteiger partial charge in [0.25, 0.3) is 0 Å². The molecule has 0 aliphatic heterocycles. The van der Waals surface area contributed by atoms with Crippen LogP contribution in [0.4, 0.5) is 17.6 Å². The van der Waals surface area contributed by atoms with Crippen LogP contribution in [0.2, 0.25) is 0 Å². The minimum atomic E-state index is -2.60. The Hall–Kier alpha value is -0.280. The molecule has 0 unspecified atom stereocenters. The van der Waals surface area contributed by atoms with Gasteiger partial charge in [-0.2, -0.15) is 0 Å². The highest BCUT2D eigenvalue weighted by Gasteiger charge is 2.26. The molecule has 0 aromatic rings. The fraction of sp³-hybridized carbons (Fsp3) is 1.00. The van der Waals surface area contributed by atoms with E-state index in [1.165, 1.54) is 0 Å². The van der Waals surface area contributed by atoms with Gasteiger partial charge in [-0.25, -0.2) is 17.6 Å². The predicted octanol–water partition coefficient (Wildman–Crippen LogP) is 4.64. The van der Waals surface area contributed by atoms with Crippen molar-refractivity contribution in [1.29, 1.82) is 0 Å². The Morgan fingerprint density at radius 2 is 1.64 bits per heavy atom. The van der Waals surface area contributed by atoms with Crippen molar-refractivity contribution in [3.63, 3.8) is 0 Å². The van der Waals surface area contributed by atoms with E-state index >= 15 is 0 Å². The Labute approximate surface area is 82.7 Å². The third-order valence-corrected chi connectivity index (χ3v) is 2.08. The first-order valence-corrected chi connectivity index (χ1v) is 5.14. The first-order chi connectivity index (χ1) is 6.48. The maximum Gasteiger partial charge on any atom is 0.248 e. The topological polar surface area (TPSA) is 0 Å². The minimum Gasteiger partial charge on any atom is -0.211 e. The molecular weight excluding hydrogens is 196 g/mol. The summed E-state index contributed by atoms with van der Waals surface area (Å²) in [6.45, 7) is 1.71. The summed E-state index contributed by atoms with van der Waals surface area (Å²) in [5, 5.41) is 0. The number of rotatable bonds is 8. The lowest BCUT2D eigenvalue weighted by Gasteiger charge is -2.14. The summed E-state index contributed by atoms with van der Waals surface area (Å²) in [7, 11) is 0. The normalized spacial score (nSPS) is 12.4. The first kappa shape index (κ1) is 13.7. The average molecular weight is 214 g/mol. The molecule has 0 fully saturated rings. The van der Waals surface area contributed by atoms with Crippen LogP contribution in [0.3, 0.4) is 0 Å². The van der Waals surface area contributed by atoms with Crippen LogP contribution in [-0.4, -0.2) is 12.3 Å². The number of unbranched alkanes of at least 4 members (excludes halogenated alkanes) is 2. The number of alkyl halides is 4. The van der Waals surface area contributed by atoms with Crippen LogP contribution in [0.15, 0.2) is 0 Å². The minimum absolute atomic E-state index is 0.0954. The van der Waals surface area contributed by atoms with Gasteiger partial charge < -0.3 is 0 Å². The molecule has 0 nitrogen and oxygen atoms in total. The van der Waals surface area contributed by atoms with Crippen LogP contribution in [0.5, 0.6) is 0 Å². The van der Waals surface area contributed by atoms with Gasteiger partial charge in [0.05, 0.1) is 0 Å². The van der Waals surface area contributed by atoms with Gasteiger partial charge in [0.15, 0.2) is 0 Å². The summed E-state index contributed by atoms with van der Waals surface area (Å²) in [6.07, 6.45) is -1.09. The van der Waals surface area contributed by atoms with E-state index < -0.39 is 12.3 Å². The van der Waals surface area contributed by atoms with Crippen LogP contribution in [0.25, 0.3) is 0 Å². The largest absolute Gasteiger partial charge is 0.248 e. The average Bonchev–Trinajstić information content (AvgIpc) is 2.02. The highest BCUT2D eigenvalue weighted by Crippen LogP contribution is 2.27. The molecule has 14 heavy (non-hydrogen) atoms. The van der Waals surface area contributed by atoms with E-state index in [4.69, 9.17) is 0 Å². The van der Waals surface area contributed by atoms with Crippen LogP contribution in [0.1, 0.15) is 51.9 Å². The van der Waals surface area contributed by atoms with E-state index in [-0.39, 0.29) is 19.3 Å². The molecule has 0 bridgehead atoms. The number of hydrogen-bond acceptors (Lipinski definition) is 0. The standard InChI is InChI=1S/C10H18F4/c1-2-7-10(13,14)8-5-3-4-6-9(11)12/h9H,2-8H2,1H3. The molecule has 0 saturated heterocycles. The molecule has 0 heterocycles. The summed E-state index contributed by atoms with van der Waals surface area (Å²) >= 11 is 0. The molecule has 0 aliphatic carbocycles. The lowest BCUT2D eigenvalue weighted by atomic mass is 10.1. The van der Waals surface area contributed by atoms with Crippen LogP contribution in [-0.2, 0) is 0 Å². The monoisotopic (exact) mass is 214 g/mol. The number of hydrogen-bond donors (Lipinski definition) is 0. The van der Waals surface area contributed by atoms with Gasteiger partial charge in [-0.1, -0.05) is 19.8 Å². The van der Waals surface area contributed by atoms with E-state index in [0.29, 0.717) is 25.7 Å². The molecule has 0 saturated carbocycles. The van der Waals surface area contributed by atoms with E-state index in [9.17, 15) is 17.6 Å². The SMILES string of the molecule is CCCC(F)(F)CCCCCC(F)F. The second kappa shape index (κ2) is 7.07. The van der Waals surface area contributed by atoms with Gasteiger partial charge in [-0.05, 0) is 12.8 Å². The molecule has 0 aromatic heterocycles. The Balaban J connectivity index is 3.34. The van der Waals surface area contributed by atoms with E-state index in [1.807, 2.05) is 0 Å². The highest BCUT2D eigenvalue weighted by atomic mass is 19.3. The van der Waals surface area contributed by atoms with E-state index in [2.05, 4.69) is 0 Å². The van der Waals surface area contributed by atoms with E-state index in [1.54, 1.807) is 6.92 Å². The third kappa shape index (κ3) is 8.32. The van der Waals surface area contributed by atoms with Crippen molar-refractivity contribution in [2.45, 2.75) is 64.2 Å². The van der Waals surface area contributed by atoms with Crippen molar-refractivity contribution in [1.82, 2.24) is 0 Å². The van der Waals surface area contributed by atoms with Crippen LogP contribution in [0, 0.1) is 0 Å². The highest BCUT2D eigenvalue weighted by molar-refractivity contribution is 4.65. The lowest BCUT2D eigenvalue weighted by molar-refractivity contribution is -0.0191. The molecular formula is C10H18F4. The van der Waals surface area contributed by atoms with Crippen molar-refractivity contribution < 1.29 is 17.6 Å². The molecule has 0 atom stereocenters. The van der Waals surface area contributed by atoms with Gasteiger partial charge in [0.1, 0.15) is 0 Å². The van der Waals surface area contributed by atoms with Crippen molar-refractivity contribution in [2.75, 3.05) is 0 Å². The Kier molecular flexibility index (Phi) is 6.93. The predicted molar refractivity (Wildman–Crippen MR) is 48.9 cm³/mol. The van der Waals surface area contributed by atoms with Crippen LogP contribution < -0.4 is 0 Å². The first-order valence-electron chi connectivity index (χ1n) is 5.14. The molecule has 0 aliphatic rings. The Morgan fingerprint density at radius 1 is 1.00 bits per heavy atom. The van der Waals surface area contributed by atoms with Gasteiger partial charge in [-0.15, -0.1) is 0 Å². The quantitative estimate of drug-likeness (QED) is 0.408. The summed E-state index contributed by atoms with van der Waals surface area (Å²) < 4.78 is 49.1. The zero-order valence-corrected chi connectivity index (χ0v) is 8.54. The van der Waals surface area contributed by atoms with Gasteiger partial charge >= 0.3 is 0 Å². The number of halogens is 4. The second-order valence-electron chi connectivity index (χ2n) is 3.60. The Morgan fingerprint density at radius 3 is 2.14 bits per heavy atom. The van der Waals surface area contributed by atoms with Crippen LogP contribution >= 0.6 is 0 Å². The lowest BCUT2D eigenvalue weighted by Crippen LogP contribution is -2.14. The maximum atomic E-state index is 12.9. The third-order valence-electron chi connectivity index (χ3n) is 2.08. The zero-order chi connectivity index (χ0) is 11.0. The fourth-order valence-corrected chi connectivity index (χ4v) is 1.35. The summed E-state index contributed by atoms with van der Waals surface area (Å²) in [6, 6.07) is 0. The summed E-state index contributed by atoms with van der Waals surface area (Å²) in [5.41, 5.74) is 0. The van der Waals surface area contributed by atoms with Crippen molar-refractivity contribution >= 4 is 0 Å². The fourth-order valence-electron chi connectivity index (χ4n) is 1.35. The Bertz CT molecular complexity index is 134. The maximum absolute atomic E-state index is 12.9. The summed E-state index contributed by atoms with van der Waals surface area (Å²) in [5.74, 6) is -2.60. The van der Waals surface area contributed by atoms with Crippen molar-refractivity contribution in [3.8, 4) is 0 Å². The van der Waals surface area contributed by atoms with Gasteiger partial charge in [0.2, 0.25) is 12.3 Å². The zero-order valence-electron chi connectivity index (χ0n) is 8.54.